The maximum absolute atomic E-state index is 11.3. The zero-order chi connectivity index (χ0) is 21.0. The van der Waals surface area contributed by atoms with Gasteiger partial charge in [0.05, 0.1) is 18.6 Å². The van der Waals surface area contributed by atoms with Gasteiger partial charge in [0, 0.05) is 37.5 Å². The van der Waals surface area contributed by atoms with E-state index in [1.165, 1.54) is 11.3 Å². The molecule has 1 fully saturated rings. The second-order valence-corrected chi connectivity index (χ2v) is 10.00. The van der Waals surface area contributed by atoms with Gasteiger partial charge in [0.2, 0.25) is 0 Å². The molecule has 0 radical (unpaired) electrons. The summed E-state index contributed by atoms with van der Waals surface area (Å²) in [4.78, 5) is 16.1. The normalized spacial score (nSPS) is 19.8. The molecule has 1 atom stereocenters. The minimum atomic E-state index is -3.42. The fourth-order valence-corrected chi connectivity index (χ4v) is 4.68. The second-order valence-electron chi connectivity index (χ2n) is 7.50. The van der Waals surface area contributed by atoms with E-state index >= 15 is 0 Å². The Balaban J connectivity index is 1.43. The Labute approximate surface area is 180 Å². The number of hydrogen-bond donors (Lipinski definition) is 2. The molecule has 30 heavy (non-hydrogen) atoms. The van der Waals surface area contributed by atoms with Crippen molar-refractivity contribution < 1.29 is 12.6 Å². The van der Waals surface area contributed by atoms with Crippen molar-refractivity contribution in [2.24, 2.45) is 10.9 Å². The van der Waals surface area contributed by atoms with Crippen LogP contribution in [-0.4, -0.2) is 63.4 Å². The van der Waals surface area contributed by atoms with Crippen LogP contribution in [0.4, 0.5) is 10.9 Å². The number of aromatic nitrogens is 2. The summed E-state index contributed by atoms with van der Waals surface area (Å²) in [7, 11) is -3.42. The fourth-order valence-electron chi connectivity index (χ4n) is 3.54. The molecule has 162 valence electrons. The third-order valence-corrected chi connectivity index (χ3v) is 6.31. The van der Waals surface area contributed by atoms with Crippen molar-refractivity contribution in [1.82, 2.24) is 15.3 Å². The van der Waals surface area contributed by atoms with Gasteiger partial charge in [0.25, 0.3) is 10.1 Å². The van der Waals surface area contributed by atoms with Crippen LogP contribution in [-0.2, 0) is 14.3 Å². The standard InChI is InChI=1S/C19H26N6O3S2/c1-30(26,27)28-12-14-5-3-10-25(11-14)17-7-2-6-15(22-17)16-13-29-19(23-16)24-18-20-8-4-9-21-18/h2,6-7,13-14H,3-5,8-12H2,1H3,(H2,20,21,23,24). The molecule has 2 aliphatic heterocycles. The van der Waals surface area contributed by atoms with E-state index in [2.05, 4.69) is 25.5 Å². The highest BCUT2D eigenvalue weighted by molar-refractivity contribution is 7.85. The molecule has 0 saturated carbocycles. The first-order chi connectivity index (χ1) is 14.5. The first kappa shape index (κ1) is 21.0. The predicted octanol–water partition coefficient (Wildman–Crippen LogP) is 2.16. The zero-order valence-corrected chi connectivity index (χ0v) is 18.5. The van der Waals surface area contributed by atoms with Crippen LogP contribution in [0, 0.1) is 5.92 Å². The lowest BCUT2D eigenvalue weighted by molar-refractivity contribution is 0.235. The van der Waals surface area contributed by atoms with Gasteiger partial charge in [-0.1, -0.05) is 6.07 Å². The second kappa shape index (κ2) is 9.27. The Morgan fingerprint density at radius 3 is 3.00 bits per heavy atom. The van der Waals surface area contributed by atoms with E-state index in [1.54, 1.807) is 0 Å². The first-order valence-electron chi connectivity index (χ1n) is 10.0. The summed E-state index contributed by atoms with van der Waals surface area (Å²) in [6, 6.07) is 5.91. The SMILES string of the molecule is CS(=O)(=O)OCC1CCCN(c2cccc(-c3csc(NC4=NCCCN4)n3)n2)C1. The smallest absolute Gasteiger partial charge is 0.264 e. The number of pyridine rings is 1. The van der Waals surface area contributed by atoms with E-state index in [0.29, 0.717) is 0 Å². The first-order valence-corrected chi connectivity index (χ1v) is 12.7. The molecule has 2 aromatic rings. The lowest BCUT2D eigenvalue weighted by Crippen LogP contribution is -2.38. The number of rotatable bonds is 6. The Hall–Kier alpha value is -2.24. The molecule has 1 unspecified atom stereocenters. The fraction of sp³-hybridized carbons (Fsp3) is 0.526. The van der Waals surface area contributed by atoms with E-state index in [1.807, 2.05) is 23.6 Å². The molecule has 9 nitrogen and oxygen atoms in total. The maximum Gasteiger partial charge on any atom is 0.264 e. The Morgan fingerprint density at radius 1 is 1.30 bits per heavy atom. The van der Waals surface area contributed by atoms with Crippen LogP contribution in [0.5, 0.6) is 0 Å². The van der Waals surface area contributed by atoms with Crippen molar-refractivity contribution in [3.05, 3.63) is 23.6 Å². The molecular weight excluding hydrogens is 424 g/mol. The van der Waals surface area contributed by atoms with Gasteiger partial charge in [-0.15, -0.1) is 11.3 Å². The summed E-state index contributed by atoms with van der Waals surface area (Å²) in [6.45, 7) is 3.57. The molecule has 2 aliphatic rings. The molecular formula is C19H26N6O3S2. The number of hydrogen-bond acceptors (Lipinski definition) is 10. The van der Waals surface area contributed by atoms with Crippen molar-refractivity contribution in [2.45, 2.75) is 19.3 Å². The van der Waals surface area contributed by atoms with Gasteiger partial charge < -0.3 is 15.5 Å². The molecule has 0 spiro atoms. The van der Waals surface area contributed by atoms with Crippen molar-refractivity contribution >= 4 is 38.4 Å². The number of nitrogens with zero attached hydrogens (tertiary/aromatic N) is 4. The van der Waals surface area contributed by atoms with Crippen LogP contribution in [0.3, 0.4) is 0 Å². The molecule has 1 saturated heterocycles. The molecule has 2 aromatic heterocycles. The largest absolute Gasteiger partial charge is 0.356 e. The molecule has 11 heteroatoms. The maximum atomic E-state index is 11.3. The van der Waals surface area contributed by atoms with E-state index in [4.69, 9.17) is 9.17 Å². The van der Waals surface area contributed by atoms with Crippen molar-refractivity contribution in [3.63, 3.8) is 0 Å². The number of piperidine rings is 1. The minimum absolute atomic E-state index is 0.165. The van der Waals surface area contributed by atoms with Gasteiger partial charge >= 0.3 is 0 Å². The van der Waals surface area contributed by atoms with Gasteiger partial charge in [-0.2, -0.15) is 8.42 Å². The van der Waals surface area contributed by atoms with Gasteiger partial charge in [0.15, 0.2) is 11.1 Å². The average molecular weight is 451 g/mol. The van der Waals surface area contributed by atoms with Crippen LogP contribution < -0.4 is 15.5 Å². The predicted molar refractivity (Wildman–Crippen MR) is 120 cm³/mol. The highest BCUT2D eigenvalue weighted by Crippen LogP contribution is 2.27. The molecule has 4 rings (SSSR count). The highest BCUT2D eigenvalue weighted by atomic mass is 32.2. The third-order valence-electron chi connectivity index (χ3n) is 4.98. The zero-order valence-electron chi connectivity index (χ0n) is 16.9. The summed E-state index contributed by atoms with van der Waals surface area (Å²) >= 11 is 1.52. The van der Waals surface area contributed by atoms with Crippen molar-refractivity contribution in [3.8, 4) is 11.4 Å². The summed E-state index contributed by atoms with van der Waals surface area (Å²) in [5.74, 6) is 1.80. The Morgan fingerprint density at radius 2 is 2.20 bits per heavy atom. The molecule has 0 aromatic carbocycles. The number of anilines is 2. The van der Waals surface area contributed by atoms with E-state index in [0.717, 1.165) is 80.0 Å². The van der Waals surface area contributed by atoms with Gasteiger partial charge in [-0.3, -0.25) is 9.18 Å². The van der Waals surface area contributed by atoms with Crippen LogP contribution in [0.25, 0.3) is 11.4 Å². The summed E-state index contributed by atoms with van der Waals surface area (Å²) < 4.78 is 27.6. The Bertz CT molecular complexity index is 1010. The van der Waals surface area contributed by atoms with E-state index < -0.39 is 10.1 Å². The van der Waals surface area contributed by atoms with Crippen LogP contribution in [0.1, 0.15) is 19.3 Å². The molecule has 0 bridgehead atoms. The number of nitrogens with one attached hydrogen (secondary N) is 2. The van der Waals surface area contributed by atoms with E-state index in [9.17, 15) is 8.42 Å². The van der Waals surface area contributed by atoms with Crippen molar-refractivity contribution in [2.75, 3.05) is 49.3 Å². The van der Waals surface area contributed by atoms with Crippen LogP contribution in [0.15, 0.2) is 28.6 Å². The average Bonchev–Trinajstić information content (AvgIpc) is 3.21. The number of guanidine groups is 1. The Kier molecular flexibility index (Phi) is 6.49. The number of thiazole rings is 1. The summed E-state index contributed by atoms with van der Waals surface area (Å²) in [6.07, 6.45) is 4.06. The van der Waals surface area contributed by atoms with Crippen molar-refractivity contribution in [1.29, 1.82) is 0 Å². The topological polar surface area (TPSA) is 109 Å². The monoisotopic (exact) mass is 450 g/mol. The third kappa shape index (κ3) is 5.67. The molecule has 4 heterocycles. The van der Waals surface area contributed by atoms with Gasteiger partial charge in [-0.25, -0.2) is 9.97 Å². The minimum Gasteiger partial charge on any atom is -0.356 e. The summed E-state index contributed by atoms with van der Waals surface area (Å²) in [5.41, 5.74) is 1.62. The van der Waals surface area contributed by atoms with Gasteiger partial charge in [-0.05, 0) is 31.4 Å². The highest BCUT2D eigenvalue weighted by Gasteiger charge is 2.23. The molecule has 2 N–H and O–H groups in total. The molecule has 0 aliphatic carbocycles. The van der Waals surface area contributed by atoms with Crippen LogP contribution in [0.2, 0.25) is 0 Å². The lowest BCUT2D eigenvalue weighted by Gasteiger charge is -2.33. The summed E-state index contributed by atoms with van der Waals surface area (Å²) in [5, 5.41) is 9.22. The lowest BCUT2D eigenvalue weighted by atomic mass is 9.99. The van der Waals surface area contributed by atoms with E-state index in [-0.39, 0.29) is 12.5 Å². The van der Waals surface area contributed by atoms with Crippen LogP contribution >= 0.6 is 11.3 Å². The molecule has 0 amide bonds. The number of aliphatic imine (C=N–C) groups is 1. The van der Waals surface area contributed by atoms with Gasteiger partial charge in [0.1, 0.15) is 11.5 Å². The quantitative estimate of drug-likeness (QED) is 0.645.